The molecule has 2 aromatic carbocycles. The number of methoxy groups -OCH3 is 1. The number of hydrogen-bond acceptors (Lipinski definition) is 4. The Labute approximate surface area is 203 Å². The number of rotatable bonds is 8. The average molecular weight is 483 g/mol. The maximum atomic E-state index is 13.8. The lowest BCUT2D eigenvalue weighted by Gasteiger charge is -2.33. The number of carbonyl (C=O) groups is 2. The Bertz CT molecular complexity index is 1100. The van der Waals surface area contributed by atoms with E-state index in [1.807, 2.05) is 47.8 Å². The average Bonchev–Trinajstić information content (AvgIpc) is 3.52. The summed E-state index contributed by atoms with van der Waals surface area (Å²) in [5.41, 5.74) is 1.12. The van der Waals surface area contributed by atoms with Gasteiger partial charge in [-0.25, -0.2) is 0 Å². The number of thiophene rings is 1. The summed E-state index contributed by atoms with van der Waals surface area (Å²) in [4.78, 5) is 30.0. The number of anilines is 1. The minimum atomic E-state index is -0.928. The van der Waals surface area contributed by atoms with Crippen LogP contribution in [0.2, 0.25) is 5.02 Å². The van der Waals surface area contributed by atoms with Crippen LogP contribution in [-0.2, 0) is 16.0 Å². The fourth-order valence-electron chi connectivity index (χ4n) is 4.34. The summed E-state index contributed by atoms with van der Waals surface area (Å²) in [6, 6.07) is 17.5. The number of halogens is 1. The van der Waals surface area contributed by atoms with E-state index in [4.69, 9.17) is 16.3 Å². The van der Waals surface area contributed by atoms with Crippen LogP contribution in [0.4, 0.5) is 5.69 Å². The van der Waals surface area contributed by atoms with Crippen molar-refractivity contribution in [1.29, 1.82) is 0 Å². The summed E-state index contributed by atoms with van der Waals surface area (Å²) < 4.78 is 5.59. The Morgan fingerprint density at radius 2 is 1.82 bits per heavy atom. The standard InChI is InChI=1S/C26H27ClN2O3S/c1-32-23-15-7-6-14-22(23)29(24(30)17-19-11-8-16-33-19)25(20-12-4-5-13-21(20)27)26(31)28-18-9-2-3-10-18/h4-8,11-16,18,25H,2-3,9-10,17H2,1H3,(H,28,31). The molecule has 0 saturated heterocycles. The van der Waals surface area contributed by atoms with E-state index >= 15 is 0 Å². The lowest BCUT2D eigenvalue weighted by atomic mass is 10.0. The Hall–Kier alpha value is -2.83. The molecule has 1 heterocycles. The van der Waals surface area contributed by atoms with E-state index in [0.717, 1.165) is 30.6 Å². The number of para-hydroxylation sites is 2. The molecule has 1 aliphatic carbocycles. The van der Waals surface area contributed by atoms with Crippen molar-refractivity contribution in [3.63, 3.8) is 0 Å². The van der Waals surface area contributed by atoms with Crippen molar-refractivity contribution in [3.05, 3.63) is 81.5 Å². The first-order valence-corrected chi connectivity index (χ1v) is 12.4. The van der Waals surface area contributed by atoms with E-state index in [9.17, 15) is 9.59 Å². The minimum absolute atomic E-state index is 0.106. The third-order valence-corrected chi connectivity index (χ3v) is 7.15. The predicted octanol–water partition coefficient (Wildman–Crippen LogP) is 5.79. The van der Waals surface area contributed by atoms with Gasteiger partial charge in [0, 0.05) is 21.5 Å². The molecule has 0 bridgehead atoms. The number of ether oxygens (including phenoxy) is 1. The zero-order chi connectivity index (χ0) is 23.2. The first-order valence-electron chi connectivity index (χ1n) is 11.1. The van der Waals surface area contributed by atoms with Crippen molar-refractivity contribution in [2.24, 2.45) is 0 Å². The largest absolute Gasteiger partial charge is 0.495 e. The summed E-state index contributed by atoms with van der Waals surface area (Å²) >= 11 is 8.10. The maximum Gasteiger partial charge on any atom is 0.248 e. The van der Waals surface area contributed by atoms with Gasteiger partial charge >= 0.3 is 0 Å². The maximum absolute atomic E-state index is 13.8. The van der Waals surface area contributed by atoms with Crippen LogP contribution in [0, 0.1) is 0 Å². The van der Waals surface area contributed by atoms with Gasteiger partial charge in [0.05, 0.1) is 19.2 Å². The normalized spacial score (nSPS) is 14.6. The van der Waals surface area contributed by atoms with Crippen LogP contribution in [0.1, 0.15) is 42.2 Å². The van der Waals surface area contributed by atoms with Gasteiger partial charge in [0.1, 0.15) is 11.8 Å². The highest BCUT2D eigenvalue weighted by Gasteiger charge is 2.36. The SMILES string of the molecule is COc1ccccc1N(C(=O)Cc1cccs1)C(C(=O)NC1CCCC1)c1ccccc1Cl. The molecule has 7 heteroatoms. The van der Waals surface area contributed by atoms with Crippen molar-refractivity contribution in [2.45, 2.75) is 44.2 Å². The van der Waals surface area contributed by atoms with Gasteiger partial charge in [-0.15, -0.1) is 11.3 Å². The molecule has 2 amide bonds. The lowest BCUT2D eigenvalue weighted by molar-refractivity contribution is -0.127. The zero-order valence-corrected chi connectivity index (χ0v) is 20.1. The Morgan fingerprint density at radius 3 is 2.52 bits per heavy atom. The summed E-state index contributed by atoms with van der Waals surface area (Å²) in [6.45, 7) is 0. The minimum Gasteiger partial charge on any atom is -0.495 e. The highest BCUT2D eigenvalue weighted by atomic mass is 35.5. The van der Waals surface area contributed by atoms with Crippen LogP contribution >= 0.6 is 22.9 Å². The molecule has 1 fully saturated rings. The Balaban J connectivity index is 1.81. The van der Waals surface area contributed by atoms with Crippen LogP contribution in [0.3, 0.4) is 0 Å². The molecule has 4 rings (SSSR count). The molecule has 1 aliphatic rings. The molecule has 1 atom stereocenters. The van der Waals surface area contributed by atoms with Crippen LogP contribution in [-0.4, -0.2) is 25.0 Å². The smallest absolute Gasteiger partial charge is 0.248 e. The highest BCUT2D eigenvalue weighted by Crippen LogP contribution is 2.38. The molecule has 1 N–H and O–H groups in total. The fourth-order valence-corrected chi connectivity index (χ4v) is 5.27. The van der Waals surface area contributed by atoms with E-state index in [1.165, 1.54) is 11.3 Å². The number of hydrogen-bond donors (Lipinski definition) is 1. The third kappa shape index (κ3) is 5.40. The predicted molar refractivity (Wildman–Crippen MR) is 133 cm³/mol. The van der Waals surface area contributed by atoms with Gasteiger partial charge in [-0.1, -0.05) is 60.8 Å². The van der Waals surface area contributed by atoms with Gasteiger partial charge in [0.25, 0.3) is 0 Å². The van der Waals surface area contributed by atoms with Crippen LogP contribution in [0.5, 0.6) is 5.75 Å². The number of amides is 2. The number of nitrogens with zero attached hydrogens (tertiary/aromatic N) is 1. The molecule has 1 unspecified atom stereocenters. The van der Waals surface area contributed by atoms with Gasteiger partial charge in [0.15, 0.2) is 0 Å². The summed E-state index contributed by atoms with van der Waals surface area (Å²) in [5, 5.41) is 5.55. The van der Waals surface area contributed by atoms with Crippen molar-refractivity contribution in [1.82, 2.24) is 5.32 Å². The van der Waals surface area contributed by atoms with E-state index < -0.39 is 6.04 Å². The molecule has 5 nitrogen and oxygen atoms in total. The highest BCUT2D eigenvalue weighted by molar-refractivity contribution is 7.10. The van der Waals surface area contributed by atoms with Gasteiger partial charge in [-0.2, -0.15) is 0 Å². The van der Waals surface area contributed by atoms with E-state index in [0.29, 0.717) is 22.0 Å². The molecule has 0 radical (unpaired) electrons. The molecule has 33 heavy (non-hydrogen) atoms. The van der Waals surface area contributed by atoms with Gasteiger partial charge < -0.3 is 10.1 Å². The quantitative estimate of drug-likeness (QED) is 0.442. The lowest BCUT2D eigenvalue weighted by Crippen LogP contribution is -2.47. The second-order valence-corrected chi connectivity index (χ2v) is 9.55. The molecule has 1 aromatic heterocycles. The van der Waals surface area contributed by atoms with Crippen LogP contribution in [0.25, 0.3) is 0 Å². The van der Waals surface area contributed by atoms with Crippen LogP contribution < -0.4 is 15.0 Å². The van der Waals surface area contributed by atoms with Gasteiger partial charge in [-0.05, 0) is 42.5 Å². The van der Waals surface area contributed by atoms with E-state index in [2.05, 4.69) is 5.32 Å². The summed E-state index contributed by atoms with van der Waals surface area (Å²) in [7, 11) is 1.56. The second-order valence-electron chi connectivity index (χ2n) is 8.11. The van der Waals surface area contributed by atoms with E-state index in [1.54, 1.807) is 30.2 Å². The van der Waals surface area contributed by atoms with Crippen molar-refractivity contribution >= 4 is 40.4 Å². The topological polar surface area (TPSA) is 58.6 Å². The molecular formula is C26H27ClN2O3S. The zero-order valence-electron chi connectivity index (χ0n) is 18.5. The number of benzene rings is 2. The molecular weight excluding hydrogens is 456 g/mol. The van der Waals surface area contributed by atoms with Crippen molar-refractivity contribution in [3.8, 4) is 5.75 Å². The second kappa shape index (κ2) is 10.9. The van der Waals surface area contributed by atoms with E-state index in [-0.39, 0.29) is 24.3 Å². The molecule has 0 aliphatic heterocycles. The molecule has 3 aromatic rings. The number of nitrogens with one attached hydrogen (secondary N) is 1. The Kier molecular flexibility index (Phi) is 7.68. The summed E-state index contributed by atoms with van der Waals surface area (Å²) in [6.07, 6.45) is 4.25. The van der Waals surface area contributed by atoms with Crippen molar-refractivity contribution in [2.75, 3.05) is 12.0 Å². The van der Waals surface area contributed by atoms with Gasteiger partial charge in [0.2, 0.25) is 11.8 Å². The molecule has 1 saturated carbocycles. The van der Waals surface area contributed by atoms with Gasteiger partial charge in [-0.3, -0.25) is 14.5 Å². The first-order chi connectivity index (χ1) is 16.1. The third-order valence-electron chi connectivity index (χ3n) is 5.93. The first kappa shape index (κ1) is 23.3. The fraction of sp³-hybridized carbons (Fsp3) is 0.308. The molecule has 0 spiro atoms. The number of carbonyl (C=O) groups excluding carboxylic acids is 2. The van der Waals surface area contributed by atoms with Crippen molar-refractivity contribution < 1.29 is 14.3 Å². The monoisotopic (exact) mass is 482 g/mol. The Morgan fingerprint density at radius 1 is 1.09 bits per heavy atom. The van der Waals surface area contributed by atoms with Crippen LogP contribution in [0.15, 0.2) is 66.0 Å². The summed E-state index contributed by atoms with van der Waals surface area (Å²) in [5.74, 6) is 0.0802. The molecule has 172 valence electrons.